The van der Waals surface area contributed by atoms with Crippen LogP contribution >= 0.6 is 0 Å². The van der Waals surface area contributed by atoms with E-state index in [1.807, 2.05) is 6.07 Å². The number of nitrogens with zero attached hydrogens (tertiary/aromatic N) is 3. The van der Waals surface area contributed by atoms with E-state index >= 15 is 0 Å². The van der Waals surface area contributed by atoms with Crippen LogP contribution < -0.4 is 5.73 Å². The summed E-state index contributed by atoms with van der Waals surface area (Å²) >= 11 is 0. The Kier molecular flexibility index (Phi) is 3.48. The Bertz CT molecular complexity index is 690. The predicted molar refractivity (Wildman–Crippen MR) is 67.0 cm³/mol. The van der Waals surface area contributed by atoms with Gasteiger partial charge in [0.2, 0.25) is 0 Å². The molecule has 0 aliphatic rings. The van der Waals surface area contributed by atoms with E-state index in [1.54, 1.807) is 0 Å². The van der Waals surface area contributed by atoms with Gasteiger partial charge in [-0.05, 0) is 12.1 Å². The quantitative estimate of drug-likeness (QED) is 0.841. The van der Waals surface area contributed by atoms with E-state index in [9.17, 15) is 8.78 Å². The van der Waals surface area contributed by atoms with Gasteiger partial charge in [-0.15, -0.1) is 0 Å². The number of rotatable bonds is 2. The minimum atomic E-state index is -0.682. The number of hydrogen-bond donors (Lipinski definition) is 1. The summed E-state index contributed by atoms with van der Waals surface area (Å²) in [5, 5.41) is 8.85. The minimum absolute atomic E-state index is 0.0826. The number of aliphatic imine (C=N–C) groups is 1. The maximum Gasteiger partial charge on any atom is 0.164 e. The zero-order chi connectivity index (χ0) is 13.8. The topological polar surface area (TPSA) is 75.1 Å². The number of halogens is 2. The van der Waals surface area contributed by atoms with Crippen LogP contribution in [0.4, 0.5) is 20.2 Å². The van der Waals surface area contributed by atoms with Gasteiger partial charge in [0.05, 0.1) is 17.4 Å². The largest absolute Gasteiger partial charge is 0.396 e. The molecule has 2 aromatic rings. The first-order chi connectivity index (χ1) is 9.13. The highest BCUT2D eigenvalue weighted by Gasteiger charge is 2.07. The van der Waals surface area contributed by atoms with Crippen LogP contribution in [0.5, 0.6) is 0 Å². The third kappa shape index (κ3) is 2.55. The molecule has 0 aliphatic heterocycles. The molecule has 1 aromatic carbocycles. The number of anilines is 1. The van der Waals surface area contributed by atoms with Crippen LogP contribution in [-0.2, 0) is 0 Å². The van der Waals surface area contributed by atoms with E-state index in [0.717, 1.165) is 6.20 Å². The van der Waals surface area contributed by atoms with Crippen molar-refractivity contribution in [2.24, 2.45) is 4.99 Å². The third-order valence-corrected chi connectivity index (χ3v) is 2.41. The Labute approximate surface area is 107 Å². The highest BCUT2D eigenvalue weighted by molar-refractivity contribution is 5.88. The van der Waals surface area contributed by atoms with Crippen molar-refractivity contribution in [1.82, 2.24) is 4.98 Å². The number of nitrogens with two attached hydrogens (primary N) is 1. The lowest BCUT2D eigenvalue weighted by Gasteiger charge is -2.01. The lowest BCUT2D eigenvalue weighted by atomic mass is 10.2. The molecular formula is C13H8F2N4. The molecule has 0 unspecified atom stereocenters. The average molecular weight is 258 g/mol. The van der Waals surface area contributed by atoms with Gasteiger partial charge in [-0.3, -0.25) is 9.98 Å². The smallest absolute Gasteiger partial charge is 0.164 e. The maximum absolute atomic E-state index is 13.5. The van der Waals surface area contributed by atoms with Gasteiger partial charge in [0.25, 0.3) is 0 Å². The molecule has 0 bridgehead atoms. The Morgan fingerprint density at radius 2 is 2.05 bits per heavy atom. The van der Waals surface area contributed by atoms with Crippen molar-refractivity contribution < 1.29 is 8.78 Å². The van der Waals surface area contributed by atoms with Gasteiger partial charge < -0.3 is 5.73 Å². The minimum Gasteiger partial charge on any atom is -0.396 e. The number of pyridine rings is 1. The number of benzene rings is 1. The van der Waals surface area contributed by atoms with Gasteiger partial charge in [0, 0.05) is 18.0 Å². The second-order valence-corrected chi connectivity index (χ2v) is 3.63. The molecule has 4 nitrogen and oxygen atoms in total. The van der Waals surface area contributed by atoms with Crippen LogP contribution in [0.25, 0.3) is 0 Å². The van der Waals surface area contributed by atoms with Crippen molar-refractivity contribution >= 4 is 17.6 Å². The zero-order valence-electron chi connectivity index (χ0n) is 9.64. The monoisotopic (exact) mass is 258 g/mol. The van der Waals surface area contributed by atoms with E-state index in [4.69, 9.17) is 11.0 Å². The summed E-state index contributed by atoms with van der Waals surface area (Å²) in [5.41, 5.74) is 5.54. The van der Waals surface area contributed by atoms with Gasteiger partial charge in [0.1, 0.15) is 17.6 Å². The summed E-state index contributed by atoms with van der Waals surface area (Å²) in [5.74, 6) is -1.32. The number of nitriles is 1. The van der Waals surface area contributed by atoms with Crippen molar-refractivity contribution in [2.45, 2.75) is 0 Å². The third-order valence-electron chi connectivity index (χ3n) is 2.41. The fraction of sp³-hybridized carbons (Fsp3) is 0. The van der Waals surface area contributed by atoms with Crippen LogP contribution in [-0.4, -0.2) is 11.2 Å². The first kappa shape index (κ1) is 12.6. The fourth-order valence-corrected chi connectivity index (χ4v) is 1.43. The molecule has 0 radical (unpaired) electrons. The summed E-state index contributed by atoms with van der Waals surface area (Å²) in [7, 11) is 0. The Morgan fingerprint density at radius 1 is 1.26 bits per heavy atom. The number of aromatic nitrogens is 1. The van der Waals surface area contributed by atoms with Gasteiger partial charge in [-0.25, -0.2) is 8.78 Å². The molecule has 0 spiro atoms. The molecule has 0 aliphatic carbocycles. The first-order valence-corrected chi connectivity index (χ1v) is 5.25. The molecule has 94 valence electrons. The predicted octanol–water partition coefficient (Wildman–Crippen LogP) is 2.56. The Morgan fingerprint density at radius 3 is 2.79 bits per heavy atom. The summed E-state index contributed by atoms with van der Waals surface area (Å²) < 4.78 is 26.7. The summed E-state index contributed by atoms with van der Waals surface area (Å²) in [6, 6.07) is 5.85. The number of para-hydroxylation sites is 1. The molecular weight excluding hydrogens is 250 g/mol. The van der Waals surface area contributed by atoms with Gasteiger partial charge in [-0.2, -0.15) is 5.26 Å². The molecule has 2 N–H and O–H groups in total. The van der Waals surface area contributed by atoms with Crippen LogP contribution in [0.15, 0.2) is 35.6 Å². The van der Waals surface area contributed by atoms with Gasteiger partial charge in [0.15, 0.2) is 5.82 Å². The molecule has 0 atom stereocenters. The van der Waals surface area contributed by atoms with Crippen LogP contribution in [0.3, 0.4) is 0 Å². The van der Waals surface area contributed by atoms with E-state index in [1.165, 1.54) is 30.6 Å². The van der Waals surface area contributed by atoms with E-state index in [0.29, 0.717) is 0 Å². The molecule has 0 amide bonds. The van der Waals surface area contributed by atoms with Crippen molar-refractivity contribution in [3.8, 4) is 6.07 Å². The zero-order valence-corrected chi connectivity index (χ0v) is 9.64. The highest BCUT2D eigenvalue weighted by Crippen LogP contribution is 2.23. The lowest BCUT2D eigenvalue weighted by Crippen LogP contribution is -1.98. The van der Waals surface area contributed by atoms with E-state index in [2.05, 4.69) is 9.98 Å². The average Bonchev–Trinajstić information content (AvgIpc) is 2.41. The Balaban J connectivity index is 2.44. The summed E-state index contributed by atoms with van der Waals surface area (Å²) in [6.45, 7) is 0. The van der Waals surface area contributed by atoms with Gasteiger partial charge in [-0.1, -0.05) is 6.07 Å². The number of nitrogen functional groups attached to an aromatic ring is 1. The molecule has 2 rings (SSSR count). The molecule has 6 heteroatoms. The number of hydrogen-bond acceptors (Lipinski definition) is 4. The van der Waals surface area contributed by atoms with E-state index in [-0.39, 0.29) is 22.5 Å². The highest BCUT2D eigenvalue weighted by atomic mass is 19.1. The maximum atomic E-state index is 13.5. The van der Waals surface area contributed by atoms with Crippen molar-refractivity contribution in [2.75, 3.05) is 5.73 Å². The molecule has 0 saturated heterocycles. The normalized spacial score (nSPS) is 10.6. The SMILES string of the molecule is N#Cc1cccc(F)c1N=Cc1cncc(F)c1N. The fourth-order valence-electron chi connectivity index (χ4n) is 1.43. The van der Waals surface area contributed by atoms with Crippen LogP contribution in [0, 0.1) is 23.0 Å². The standard InChI is InChI=1S/C13H8F2N4/c14-10-3-1-2-8(4-16)13(10)19-6-9-5-18-7-11(15)12(9)17/h1-3,5-7H,(H2,17,18). The molecule has 1 heterocycles. The molecule has 0 fully saturated rings. The van der Waals surface area contributed by atoms with Crippen molar-refractivity contribution in [3.05, 3.63) is 53.4 Å². The van der Waals surface area contributed by atoms with Crippen LogP contribution in [0.2, 0.25) is 0 Å². The van der Waals surface area contributed by atoms with Gasteiger partial charge >= 0.3 is 0 Å². The lowest BCUT2D eigenvalue weighted by molar-refractivity contribution is 0.626. The molecule has 1 aromatic heterocycles. The second-order valence-electron chi connectivity index (χ2n) is 3.63. The van der Waals surface area contributed by atoms with Crippen LogP contribution in [0.1, 0.15) is 11.1 Å². The second kappa shape index (κ2) is 5.23. The molecule has 0 saturated carbocycles. The van der Waals surface area contributed by atoms with E-state index < -0.39 is 11.6 Å². The Hall–Kier alpha value is -2.81. The summed E-state index contributed by atoms with van der Waals surface area (Å²) in [4.78, 5) is 7.46. The first-order valence-electron chi connectivity index (χ1n) is 5.25. The summed E-state index contributed by atoms with van der Waals surface area (Å²) in [6.07, 6.45) is 3.44. The molecule has 19 heavy (non-hydrogen) atoms. The van der Waals surface area contributed by atoms with Crippen molar-refractivity contribution in [1.29, 1.82) is 5.26 Å². The van der Waals surface area contributed by atoms with Crippen molar-refractivity contribution in [3.63, 3.8) is 0 Å².